The van der Waals surface area contributed by atoms with Crippen LogP contribution in [0.2, 0.25) is 5.02 Å². The van der Waals surface area contributed by atoms with Crippen molar-refractivity contribution in [3.8, 4) is 17.0 Å². The molecule has 0 aliphatic heterocycles. The van der Waals surface area contributed by atoms with Crippen molar-refractivity contribution in [1.29, 1.82) is 0 Å². The highest BCUT2D eigenvalue weighted by atomic mass is 35.5. The third-order valence-corrected chi connectivity index (χ3v) is 5.65. The lowest BCUT2D eigenvalue weighted by Gasteiger charge is -2.12. The van der Waals surface area contributed by atoms with Crippen LogP contribution in [0.1, 0.15) is 17.3 Å². The number of benzene rings is 2. The molecule has 1 heterocycles. The molecule has 0 fully saturated rings. The average Bonchev–Trinajstić information content (AvgIpc) is 3.16. The van der Waals surface area contributed by atoms with Crippen LogP contribution in [0.4, 0.5) is 5.82 Å². The van der Waals surface area contributed by atoms with Gasteiger partial charge in [-0.05, 0) is 42.8 Å². The molecule has 8 nitrogen and oxygen atoms in total. The molecular weight excluding hydrogens is 416 g/mol. The van der Waals surface area contributed by atoms with Gasteiger partial charge in [0.2, 0.25) is 0 Å². The minimum atomic E-state index is -4.06. The summed E-state index contributed by atoms with van der Waals surface area (Å²) in [5.41, 5.74) is 1.61. The van der Waals surface area contributed by atoms with Crippen molar-refractivity contribution in [3.05, 3.63) is 59.1 Å². The fourth-order valence-electron chi connectivity index (χ4n) is 2.63. The third-order valence-electron chi connectivity index (χ3n) is 4.02. The van der Waals surface area contributed by atoms with Gasteiger partial charge in [-0.25, -0.2) is 8.42 Å². The summed E-state index contributed by atoms with van der Waals surface area (Å²) in [5.74, 6) is -0.171. The number of nitrogens with zero attached hydrogens (tertiary/aromatic N) is 1. The number of sulfonamides is 1. The Labute approximate surface area is 173 Å². The van der Waals surface area contributed by atoms with E-state index in [1.165, 1.54) is 25.3 Å². The van der Waals surface area contributed by atoms with E-state index in [-0.39, 0.29) is 27.9 Å². The number of carbonyl (C=O) groups is 1. The summed E-state index contributed by atoms with van der Waals surface area (Å²) in [6, 6.07) is 12.8. The van der Waals surface area contributed by atoms with E-state index in [1.807, 2.05) is 0 Å². The zero-order chi connectivity index (χ0) is 21.0. The van der Waals surface area contributed by atoms with Crippen LogP contribution in [0, 0.1) is 0 Å². The van der Waals surface area contributed by atoms with Crippen LogP contribution in [0.25, 0.3) is 11.3 Å². The lowest BCUT2D eigenvalue weighted by molar-refractivity contribution is 0.0955. The third kappa shape index (κ3) is 4.69. The molecule has 29 heavy (non-hydrogen) atoms. The molecule has 0 aliphatic rings. The monoisotopic (exact) mass is 434 g/mol. The predicted octanol–water partition coefficient (Wildman–Crippen LogP) is 3.29. The van der Waals surface area contributed by atoms with Gasteiger partial charge in [0, 0.05) is 23.2 Å². The zero-order valence-electron chi connectivity index (χ0n) is 15.7. The molecular formula is C19H19ClN4O4S. The van der Waals surface area contributed by atoms with Crippen LogP contribution >= 0.6 is 11.6 Å². The Morgan fingerprint density at radius 3 is 2.55 bits per heavy atom. The number of aromatic amines is 1. The quantitative estimate of drug-likeness (QED) is 0.528. The normalized spacial score (nSPS) is 11.1. The van der Waals surface area contributed by atoms with Crippen molar-refractivity contribution in [2.75, 3.05) is 18.4 Å². The lowest BCUT2D eigenvalue weighted by Crippen LogP contribution is -2.23. The summed E-state index contributed by atoms with van der Waals surface area (Å²) in [6.07, 6.45) is 0. The molecule has 152 valence electrons. The minimum absolute atomic E-state index is 0.0976. The van der Waals surface area contributed by atoms with Crippen molar-refractivity contribution in [3.63, 3.8) is 0 Å². The van der Waals surface area contributed by atoms with Gasteiger partial charge in [-0.3, -0.25) is 14.6 Å². The molecule has 0 spiro atoms. The first-order chi connectivity index (χ1) is 13.8. The van der Waals surface area contributed by atoms with Crippen molar-refractivity contribution >= 4 is 33.3 Å². The second-order valence-electron chi connectivity index (χ2n) is 6.00. The maximum absolute atomic E-state index is 12.9. The molecule has 3 aromatic rings. The van der Waals surface area contributed by atoms with Crippen LogP contribution in [0.15, 0.2) is 53.4 Å². The molecule has 1 aromatic heterocycles. The zero-order valence-corrected chi connectivity index (χ0v) is 17.3. The number of ether oxygens (including phenoxy) is 1. The van der Waals surface area contributed by atoms with Gasteiger partial charge >= 0.3 is 0 Å². The number of halogens is 1. The average molecular weight is 435 g/mol. The van der Waals surface area contributed by atoms with E-state index in [2.05, 4.69) is 20.2 Å². The number of rotatable bonds is 7. The molecule has 0 radical (unpaired) electrons. The van der Waals surface area contributed by atoms with Crippen molar-refractivity contribution in [2.24, 2.45) is 0 Å². The first kappa shape index (κ1) is 20.7. The Bertz CT molecular complexity index is 1130. The van der Waals surface area contributed by atoms with Crippen LogP contribution in [0.3, 0.4) is 0 Å². The molecule has 0 aliphatic carbocycles. The Balaban J connectivity index is 1.90. The van der Waals surface area contributed by atoms with Crippen LogP contribution in [0.5, 0.6) is 5.75 Å². The topological polar surface area (TPSA) is 113 Å². The molecule has 3 rings (SSSR count). The summed E-state index contributed by atoms with van der Waals surface area (Å²) in [5, 5.41) is 10.00. The van der Waals surface area contributed by atoms with Gasteiger partial charge in [0.1, 0.15) is 10.6 Å². The first-order valence-electron chi connectivity index (χ1n) is 8.64. The number of H-pyrrole nitrogens is 1. The number of anilines is 1. The number of hydrogen-bond donors (Lipinski definition) is 3. The Morgan fingerprint density at radius 2 is 1.90 bits per heavy atom. The van der Waals surface area contributed by atoms with E-state index in [0.29, 0.717) is 17.3 Å². The second kappa shape index (κ2) is 8.54. The van der Waals surface area contributed by atoms with Crippen LogP contribution < -0.4 is 14.8 Å². The van der Waals surface area contributed by atoms with E-state index in [0.717, 1.165) is 5.56 Å². The van der Waals surface area contributed by atoms with Gasteiger partial charge < -0.3 is 10.1 Å². The molecule has 2 aromatic carbocycles. The lowest BCUT2D eigenvalue weighted by atomic mass is 10.1. The van der Waals surface area contributed by atoms with Crippen LogP contribution in [-0.4, -0.2) is 38.2 Å². The predicted molar refractivity (Wildman–Crippen MR) is 111 cm³/mol. The Hall–Kier alpha value is -3.04. The maximum Gasteiger partial charge on any atom is 0.266 e. The van der Waals surface area contributed by atoms with E-state index in [1.54, 1.807) is 37.3 Å². The summed E-state index contributed by atoms with van der Waals surface area (Å²) < 4.78 is 33.4. The number of amides is 1. The molecule has 0 saturated heterocycles. The second-order valence-corrected chi connectivity index (χ2v) is 8.09. The molecule has 1 amide bonds. The molecule has 3 N–H and O–H groups in total. The van der Waals surface area contributed by atoms with Gasteiger partial charge in [0.25, 0.3) is 15.9 Å². The largest absolute Gasteiger partial charge is 0.495 e. The minimum Gasteiger partial charge on any atom is -0.495 e. The molecule has 0 saturated carbocycles. The number of nitrogens with one attached hydrogen (secondary N) is 3. The summed E-state index contributed by atoms with van der Waals surface area (Å²) in [4.78, 5) is 11.9. The van der Waals surface area contributed by atoms with Gasteiger partial charge in [0.15, 0.2) is 5.82 Å². The Kier molecular flexibility index (Phi) is 6.09. The van der Waals surface area contributed by atoms with E-state index < -0.39 is 10.0 Å². The number of carbonyl (C=O) groups excluding carboxylic acids is 1. The molecule has 10 heteroatoms. The highest BCUT2D eigenvalue weighted by Gasteiger charge is 2.23. The molecule has 0 bridgehead atoms. The fraction of sp³-hybridized carbons (Fsp3) is 0.158. The highest BCUT2D eigenvalue weighted by molar-refractivity contribution is 7.92. The SMILES string of the molecule is CCNC(=O)c1ccc(OC)c(S(=O)(=O)Nc2cc(-c3ccc(Cl)cc3)[nH]n2)c1. The van der Waals surface area contributed by atoms with E-state index in [9.17, 15) is 13.2 Å². The molecule has 0 atom stereocenters. The summed E-state index contributed by atoms with van der Waals surface area (Å²) >= 11 is 5.88. The van der Waals surface area contributed by atoms with Crippen molar-refractivity contribution in [2.45, 2.75) is 11.8 Å². The molecule has 0 unspecified atom stereocenters. The number of aromatic nitrogens is 2. The van der Waals surface area contributed by atoms with Crippen molar-refractivity contribution < 1.29 is 17.9 Å². The van der Waals surface area contributed by atoms with Gasteiger partial charge in [0.05, 0.1) is 12.8 Å². The maximum atomic E-state index is 12.9. The van der Waals surface area contributed by atoms with Gasteiger partial charge in [-0.2, -0.15) is 5.10 Å². The van der Waals surface area contributed by atoms with Gasteiger partial charge in [-0.1, -0.05) is 23.7 Å². The Morgan fingerprint density at radius 1 is 1.17 bits per heavy atom. The number of methoxy groups -OCH3 is 1. The first-order valence-corrected chi connectivity index (χ1v) is 10.5. The fourth-order valence-corrected chi connectivity index (χ4v) is 3.95. The van der Waals surface area contributed by atoms with E-state index >= 15 is 0 Å². The number of hydrogen-bond acceptors (Lipinski definition) is 5. The smallest absolute Gasteiger partial charge is 0.266 e. The van der Waals surface area contributed by atoms with Gasteiger partial charge in [-0.15, -0.1) is 0 Å². The highest BCUT2D eigenvalue weighted by Crippen LogP contribution is 2.28. The standard InChI is InChI=1S/C19H19ClN4O4S/c1-3-21-19(25)13-6-9-16(28-2)17(10-13)29(26,27)24-18-11-15(22-23-18)12-4-7-14(20)8-5-12/h4-11H,3H2,1-2H3,(H,21,25)(H2,22,23,24). The summed E-state index contributed by atoms with van der Waals surface area (Å²) in [6.45, 7) is 2.20. The van der Waals surface area contributed by atoms with Crippen molar-refractivity contribution in [1.82, 2.24) is 15.5 Å². The van der Waals surface area contributed by atoms with E-state index in [4.69, 9.17) is 16.3 Å². The summed E-state index contributed by atoms with van der Waals surface area (Å²) in [7, 11) is -2.71. The van der Waals surface area contributed by atoms with Crippen LogP contribution in [-0.2, 0) is 10.0 Å².